The summed E-state index contributed by atoms with van der Waals surface area (Å²) in [4.78, 5) is 11.6. The molecule has 0 aliphatic carbocycles. The van der Waals surface area contributed by atoms with E-state index in [1.807, 2.05) is 0 Å². The fourth-order valence-corrected chi connectivity index (χ4v) is 9.53. The molecule has 0 aliphatic rings. The van der Waals surface area contributed by atoms with Gasteiger partial charge in [-0.25, -0.2) is 0 Å². The van der Waals surface area contributed by atoms with Gasteiger partial charge in [0.25, 0.3) is 0 Å². The minimum Gasteiger partial charge on any atom is -0.506 e. The Kier molecular flexibility index (Phi) is 7.50. The maximum Gasteiger partial charge on any atom is 0.323 e. The summed E-state index contributed by atoms with van der Waals surface area (Å²) in [6, 6.07) is 3.37. The predicted octanol–water partition coefficient (Wildman–Crippen LogP) is 4.69. The Morgan fingerprint density at radius 2 is 1.60 bits per heavy atom. The first-order chi connectivity index (χ1) is 11.4. The number of hydrogen-bond acceptors (Lipinski definition) is 4. The van der Waals surface area contributed by atoms with Crippen LogP contribution in [-0.2, 0) is 9.22 Å². The number of halogens is 1. The van der Waals surface area contributed by atoms with E-state index in [0.717, 1.165) is 0 Å². The van der Waals surface area contributed by atoms with Crippen LogP contribution >= 0.6 is 11.6 Å². The average molecular weight is 388 g/mol. The summed E-state index contributed by atoms with van der Waals surface area (Å²) < 4.78 is 6.62. The Balaban J connectivity index is 3.46. The summed E-state index contributed by atoms with van der Waals surface area (Å²) in [6.45, 7) is 12.7. The van der Waals surface area contributed by atoms with E-state index in [0.29, 0.717) is 5.56 Å². The van der Waals surface area contributed by atoms with Gasteiger partial charge in [0.15, 0.2) is 0 Å². The molecule has 0 unspecified atom stereocenters. The van der Waals surface area contributed by atoms with Crippen LogP contribution in [0.1, 0.15) is 53.2 Å². The maximum atomic E-state index is 11.6. The fraction of sp³-hybridized carbons (Fsp3) is 0.611. The van der Waals surface area contributed by atoms with Crippen molar-refractivity contribution in [1.29, 1.82) is 0 Å². The van der Waals surface area contributed by atoms with Crippen LogP contribution in [0.5, 0.6) is 5.75 Å². The van der Waals surface area contributed by atoms with Crippen LogP contribution in [0.15, 0.2) is 18.2 Å². The predicted molar refractivity (Wildman–Crippen MR) is 104 cm³/mol. The minimum atomic E-state index is -2.36. The monoisotopic (exact) mass is 387 g/mol. The zero-order valence-electron chi connectivity index (χ0n) is 15.8. The number of hydrogen-bond donors (Lipinski definition) is 3. The van der Waals surface area contributed by atoms with Gasteiger partial charge in [0.1, 0.15) is 11.8 Å². The molecule has 0 saturated carbocycles. The van der Waals surface area contributed by atoms with Crippen LogP contribution in [0.3, 0.4) is 0 Å². The number of benzene rings is 1. The van der Waals surface area contributed by atoms with E-state index in [2.05, 4.69) is 41.5 Å². The second-order valence-corrected chi connectivity index (χ2v) is 13.2. The molecule has 5 nitrogen and oxygen atoms in total. The zero-order valence-corrected chi connectivity index (χ0v) is 17.5. The molecule has 142 valence electrons. The molecule has 7 heteroatoms. The number of phenols is 1. The third-order valence-electron chi connectivity index (χ3n) is 4.95. The molecular formula is C18H30ClNO4Si. The molecule has 0 saturated heterocycles. The van der Waals surface area contributed by atoms with Gasteiger partial charge in [-0.05, 0) is 34.3 Å². The lowest BCUT2D eigenvalue weighted by Crippen LogP contribution is -2.52. The summed E-state index contributed by atoms with van der Waals surface area (Å²) >= 11 is 6.02. The topological polar surface area (TPSA) is 92.8 Å². The first kappa shape index (κ1) is 22.0. The number of carboxylic acid groups (broad SMARTS) is 1. The van der Waals surface area contributed by atoms with Crippen molar-refractivity contribution in [1.82, 2.24) is 0 Å². The van der Waals surface area contributed by atoms with Gasteiger partial charge in [-0.15, -0.1) is 0 Å². The summed E-state index contributed by atoms with van der Waals surface area (Å²) in [7, 11) is -2.36. The molecule has 1 aromatic rings. The van der Waals surface area contributed by atoms with Crippen LogP contribution < -0.4 is 5.73 Å². The number of rotatable bonds is 8. The molecule has 0 aromatic heterocycles. The van der Waals surface area contributed by atoms with Gasteiger partial charge in [-0.2, -0.15) is 0 Å². The summed E-state index contributed by atoms with van der Waals surface area (Å²) in [5.74, 6) is -1.19. The lowest BCUT2D eigenvalue weighted by Gasteiger charge is -2.45. The molecule has 2 atom stereocenters. The van der Waals surface area contributed by atoms with E-state index in [1.165, 1.54) is 12.1 Å². The first-order valence-electron chi connectivity index (χ1n) is 8.59. The summed E-state index contributed by atoms with van der Waals surface area (Å²) in [6.07, 6.45) is -0.825. The van der Waals surface area contributed by atoms with Gasteiger partial charge >= 0.3 is 5.97 Å². The van der Waals surface area contributed by atoms with Crippen LogP contribution in [-0.4, -0.2) is 30.5 Å². The van der Waals surface area contributed by atoms with Crippen molar-refractivity contribution in [2.24, 2.45) is 5.73 Å². The van der Waals surface area contributed by atoms with Gasteiger partial charge in [0.05, 0.1) is 11.1 Å². The number of phenolic OH excluding ortho intramolecular Hbond substituents is 1. The second-order valence-electron chi connectivity index (χ2n) is 7.43. The number of carboxylic acids is 1. The van der Waals surface area contributed by atoms with E-state index in [4.69, 9.17) is 21.8 Å². The van der Waals surface area contributed by atoms with Gasteiger partial charge in [0, 0.05) is 0 Å². The molecule has 1 aromatic carbocycles. The van der Waals surface area contributed by atoms with E-state index in [9.17, 15) is 15.0 Å². The summed E-state index contributed by atoms with van der Waals surface area (Å²) in [5.41, 5.74) is 7.39. The van der Waals surface area contributed by atoms with E-state index < -0.39 is 26.4 Å². The van der Waals surface area contributed by atoms with Crippen molar-refractivity contribution in [2.45, 2.75) is 70.3 Å². The second kappa shape index (κ2) is 8.53. The Bertz CT molecular complexity index is 585. The maximum absolute atomic E-state index is 11.6. The van der Waals surface area contributed by atoms with E-state index >= 15 is 0 Å². The molecule has 0 aliphatic heterocycles. The Morgan fingerprint density at radius 1 is 1.12 bits per heavy atom. The lowest BCUT2D eigenvalue weighted by molar-refractivity contribution is -0.141. The number of carbonyl (C=O) groups is 1. The fourth-order valence-electron chi connectivity index (χ4n) is 3.81. The average Bonchev–Trinajstić information content (AvgIpc) is 2.49. The third-order valence-corrected chi connectivity index (χ3v) is 11.3. The molecule has 1 rings (SSSR count). The highest BCUT2D eigenvalue weighted by molar-refractivity contribution is 6.77. The Labute approximate surface area is 156 Å². The van der Waals surface area contributed by atoms with Crippen molar-refractivity contribution in [2.75, 3.05) is 0 Å². The van der Waals surface area contributed by atoms with Gasteiger partial charge in [0.2, 0.25) is 8.32 Å². The van der Waals surface area contributed by atoms with E-state index in [1.54, 1.807) is 6.07 Å². The zero-order chi connectivity index (χ0) is 19.5. The Hall–Kier alpha value is -1.08. The van der Waals surface area contributed by atoms with Crippen LogP contribution in [0.25, 0.3) is 0 Å². The van der Waals surface area contributed by atoms with Crippen LogP contribution in [0.4, 0.5) is 0 Å². The van der Waals surface area contributed by atoms with Gasteiger partial charge in [-0.1, -0.05) is 59.2 Å². The minimum absolute atomic E-state index is 0.0619. The molecule has 0 bridgehead atoms. The van der Waals surface area contributed by atoms with Crippen LogP contribution in [0.2, 0.25) is 21.6 Å². The SMILES string of the molecule is CC(C)[Si](O[C@H](c1ccc(O)c(Cl)c1)[C@H](N)C(=O)O)(C(C)C)C(C)C. The molecular weight excluding hydrogens is 358 g/mol. The third kappa shape index (κ3) is 4.56. The highest BCUT2D eigenvalue weighted by atomic mass is 35.5. The number of aromatic hydroxyl groups is 1. The molecule has 0 amide bonds. The molecule has 0 radical (unpaired) electrons. The van der Waals surface area contributed by atoms with Crippen molar-refractivity contribution in [3.05, 3.63) is 28.8 Å². The normalized spacial score (nSPS) is 15.0. The largest absolute Gasteiger partial charge is 0.506 e. The van der Waals surface area contributed by atoms with Gasteiger partial charge in [-0.3, -0.25) is 4.79 Å². The molecule has 0 spiro atoms. The van der Waals surface area contributed by atoms with Crippen molar-refractivity contribution >= 4 is 25.9 Å². The van der Waals surface area contributed by atoms with Crippen molar-refractivity contribution < 1.29 is 19.4 Å². The molecule has 0 fully saturated rings. The number of nitrogens with two attached hydrogens (primary N) is 1. The van der Waals surface area contributed by atoms with Crippen molar-refractivity contribution in [3.63, 3.8) is 0 Å². The highest BCUT2D eigenvalue weighted by Gasteiger charge is 2.48. The standard InChI is InChI=1S/C18H30ClNO4Si/c1-10(2)25(11(3)4,12(5)6)24-17(16(20)18(22)23)13-7-8-15(21)14(19)9-13/h7-12,16-17,21H,20H2,1-6H3,(H,22,23)/t16-,17+/m0/s1. The lowest BCUT2D eigenvalue weighted by atomic mass is 10.0. The van der Waals surface area contributed by atoms with Gasteiger partial charge < -0.3 is 20.4 Å². The molecule has 0 heterocycles. The first-order valence-corrected chi connectivity index (χ1v) is 11.1. The van der Waals surface area contributed by atoms with Crippen molar-refractivity contribution in [3.8, 4) is 5.75 Å². The van der Waals surface area contributed by atoms with E-state index in [-0.39, 0.29) is 27.4 Å². The highest BCUT2D eigenvalue weighted by Crippen LogP contribution is 2.46. The van der Waals surface area contributed by atoms with Crippen LogP contribution in [0, 0.1) is 0 Å². The molecule has 4 N–H and O–H groups in total. The number of aliphatic carboxylic acids is 1. The smallest absolute Gasteiger partial charge is 0.323 e. The quantitative estimate of drug-likeness (QED) is 0.562. The molecule has 25 heavy (non-hydrogen) atoms. The Morgan fingerprint density at radius 3 is 1.96 bits per heavy atom. The summed E-state index contributed by atoms with van der Waals surface area (Å²) in [5, 5.41) is 19.3.